The summed E-state index contributed by atoms with van der Waals surface area (Å²) in [5.41, 5.74) is 0. The van der Waals surface area contributed by atoms with Gasteiger partial charge < -0.3 is 15.5 Å². The van der Waals surface area contributed by atoms with Crippen LogP contribution in [-0.2, 0) is 14.9 Å². The fourth-order valence-corrected chi connectivity index (χ4v) is 4.23. The van der Waals surface area contributed by atoms with Crippen LogP contribution in [0.1, 0.15) is 97.3 Å². The standard InChI is InChI=1S/C26H47NO6S/c1-3-5-7-9-11-13-15-16-18-20-24(28)23(22-34(31,32)33)27-26(30)25(29)21-19-17-14-12-10-8-6-4-2/h3,5,11,13,18,20,23-25,28-29H,4,6-10,12,14-17,19,21-22H2,1-2H3,(H,27,30)(H,31,32,33)/b5-3+,13-11+,20-18+. The van der Waals surface area contributed by atoms with Gasteiger partial charge in [-0.05, 0) is 39.0 Å². The summed E-state index contributed by atoms with van der Waals surface area (Å²) in [6, 6.07) is -1.25. The summed E-state index contributed by atoms with van der Waals surface area (Å²) in [6.45, 7) is 4.16. The van der Waals surface area contributed by atoms with E-state index in [0.717, 1.165) is 38.5 Å². The van der Waals surface area contributed by atoms with E-state index >= 15 is 0 Å². The normalized spacial score (nSPS) is 15.3. The van der Waals surface area contributed by atoms with Crippen LogP contribution in [0.2, 0.25) is 0 Å². The first-order valence-corrected chi connectivity index (χ1v) is 14.4. The second kappa shape index (κ2) is 20.9. The lowest BCUT2D eigenvalue weighted by molar-refractivity contribution is -0.130. The summed E-state index contributed by atoms with van der Waals surface area (Å²) in [4.78, 5) is 12.3. The van der Waals surface area contributed by atoms with Crippen molar-refractivity contribution in [2.75, 3.05) is 5.75 Å². The van der Waals surface area contributed by atoms with Crippen molar-refractivity contribution in [3.8, 4) is 0 Å². The molecule has 0 aliphatic rings. The van der Waals surface area contributed by atoms with E-state index in [-0.39, 0.29) is 6.42 Å². The number of amides is 1. The molecule has 0 heterocycles. The molecule has 0 radical (unpaired) electrons. The van der Waals surface area contributed by atoms with Crippen molar-refractivity contribution in [1.82, 2.24) is 5.32 Å². The molecule has 0 aliphatic heterocycles. The van der Waals surface area contributed by atoms with Gasteiger partial charge >= 0.3 is 0 Å². The lowest BCUT2D eigenvalue weighted by Gasteiger charge is -2.22. The molecule has 198 valence electrons. The van der Waals surface area contributed by atoms with Crippen molar-refractivity contribution in [3.63, 3.8) is 0 Å². The molecule has 0 bridgehead atoms. The zero-order valence-corrected chi connectivity index (χ0v) is 21.9. The number of allylic oxidation sites excluding steroid dienone is 5. The number of unbranched alkanes of at least 4 members (excludes halogenated alkanes) is 9. The number of carbonyl (C=O) groups is 1. The molecule has 7 nitrogen and oxygen atoms in total. The van der Waals surface area contributed by atoms with E-state index in [9.17, 15) is 28.0 Å². The molecular weight excluding hydrogens is 454 g/mol. The molecule has 34 heavy (non-hydrogen) atoms. The van der Waals surface area contributed by atoms with Gasteiger partial charge in [-0.2, -0.15) is 8.42 Å². The highest BCUT2D eigenvalue weighted by Gasteiger charge is 2.27. The first kappa shape index (κ1) is 32.5. The first-order chi connectivity index (χ1) is 16.2. The summed E-state index contributed by atoms with van der Waals surface area (Å²) in [5.74, 6) is -1.58. The Kier molecular flexibility index (Phi) is 19.9. The van der Waals surface area contributed by atoms with E-state index in [0.29, 0.717) is 12.8 Å². The third-order valence-corrected chi connectivity index (χ3v) is 6.28. The molecular formula is C26H47NO6S. The fourth-order valence-electron chi connectivity index (χ4n) is 3.49. The van der Waals surface area contributed by atoms with Crippen LogP contribution in [0, 0.1) is 0 Å². The SMILES string of the molecule is C/C=C/CC/C=C/CC/C=C/C(O)C(CS(=O)(=O)O)NC(=O)C(O)CCCCCCCCCC. The number of hydrogen-bond donors (Lipinski definition) is 4. The molecule has 0 aromatic rings. The van der Waals surface area contributed by atoms with Gasteiger partial charge in [0.1, 0.15) is 6.10 Å². The third-order valence-electron chi connectivity index (χ3n) is 5.50. The van der Waals surface area contributed by atoms with Crippen LogP contribution in [0.25, 0.3) is 0 Å². The molecule has 3 atom stereocenters. The zero-order valence-electron chi connectivity index (χ0n) is 21.1. The third kappa shape index (κ3) is 19.9. The highest BCUT2D eigenvalue weighted by molar-refractivity contribution is 7.85. The maximum absolute atomic E-state index is 12.3. The average Bonchev–Trinajstić information content (AvgIpc) is 2.78. The largest absolute Gasteiger partial charge is 0.387 e. The van der Waals surface area contributed by atoms with Crippen LogP contribution in [0.15, 0.2) is 36.5 Å². The molecule has 0 aliphatic carbocycles. The van der Waals surface area contributed by atoms with E-state index < -0.39 is 40.0 Å². The maximum Gasteiger partial charge on any atom is 0.267 e. The van der Waals surface area contributed by atoms with Gasteiger partial charge in [-0.25, -0.2) is 0 Å². The fraction of sp³-hybridized carbons (Fsp3) is 0.731. The number of aliphatic hydroxyl groups excluding tert-OH is 2. The summed E-state index contributed by atoms with van der Waals surface area (Å²) in [6.07, 6.45) is 21.1. The second-order valence-electron chi connectivity index (χ2n) is 8.76. The molecule has 4 N–H and O–H groups in total. The monoisotopic (exact) mass is 501 g/mol. The van der Waals surface area contributed by atoms with Gasteiger partial charge in [0.2, 0.25) is 5.91 Å². The van der Waals surface area contributed by atoms with Gasteiger partial charge in [-0.3, -0.25) is 9.35 Å². The van der Waals surface area contributed by atoms with Gasteiger partial charge in [0.05, 0.1) is 17.9 Å². The molecule has 0 spiro atoms. The van der Waals surface area contributed by atoms with E-state index in [1.165, 1.54) is 31.8 Å². The van der Waals surface area contributed by atoms with Crippen molar-refractivity contribution in [1.29, 1.82) is 0 Å². The van der Waals surface area contributed by atoms with Crippen molar-refractivity contribution >= 4 is 16.0 Å². The highest BCUT2D eigenvalue weighted by atomic mass is 32.2. The molecule has 0 aromatic heterocycles. The Morgan fingerprint density at radius 1 is 0.853 bits per heavy atom. The molecule has 1 amide bonds. The average molecular weight is 502 g/mol. The van der Waals surface area contributed by atoms with Gasteiger partial charge in [-0.1, -0.05) is 94.7 Å². The second-order valence-corrected chi connectivity index (χ2v) is 10.3. The minimum Gasteiger partial charge on any atom is -0.387 e. The van der Waals surface area contributed by atoms with Crippen LogP contribution in [0.5, 0.6) is 0 Å². The number of carbonyl (C=O) groups excluding carboxylic acids is 1. The Hall–Kier alpha value is -1.48. The van der Waals surface area contributed by atoms with Crippen LogP contribution in [0.4, 0.5) is 0 Å². The first-order valence-electron chi connectivity index (χ1n) is 12.8. The summed E-state index contributed by atoms with van der Waals surface area (Å²) >= 11 is 0. The molecule has 0 saturated carbocycles. The van der Waals surface area contributed by atoms with Crippen LogP contribution in [0.3, 0.4) is 0 Å². The number of nitrogens with one attached hydrogen (secondary N) is 1. The topological polar surface area (TPSA) is 124 Å². The molecule has 8 heteroatoms. The van der Waals surface area contributed by atoms with E-state index in [1.807, 2.05) is 19.1 Å². The number of aliphatic hydroxyl groups is 2. The Labute approximate surface area is 207 Å². The van der Waals surface area contributed by atoms with E-state index in [1.54, 1.807) is 6.08 Å². The smallest absolute Gasteiger partial charge is 0.267 e. The Morgan fingerprint density at radius 2 is 1.38 bits per heavy atom. The van der Waals surface area contributed by atoms with Crippen LogP contribution >= 0.6 is 0 Å². The minimum absolute atomic E-state index is 0.270. The van der Waals surface area contributed by atoms with Crippen molar-refractivity contribution in [2.45, 2.75) is 116 Å². The van der Waals surface area contributed by atoms with Gasteiger partial charge in [-0.15, -0.1) is 0 Å². The Balaban J connectivity index is 4.48. The van der Waals surface area contributed by atoms with Crippen molar-refractivity contribution in [2.24, 2.45) is 0 Å². The summed E-state index contributed by atoms with van der Waals surface area (Å²) < 4.78 is 31.9. The highest BCUT2D eigenvalue weighted by Crippen LogP contribution is 2.11. The maximum atomic E-state index is 12.3. The van der Waals surface area contributed by atoms with E-state index in [2.05, 4.69) is 24.4 Å². The Morgan fingerprint density at radius 3 is 1.94 bits per heavy atom. The predicted molar refractivity (Wildman–Crippen MR) is 139 cm³/mol. The van der Waals surface area contributed by atoms with Crippen molar-refractivity contribution in [3.05, 3.63) is 36.5 Å². The molecule has 0 saturated heterocycles. The summed E-state index contributed by atoms with van der Waals surface area (Å²) in [5, 5.41) is 22.9. The molecule has 0 aromatic carbocycles. The lowest BCUT2D eigenvalue weighted by Crippen LogP contribution is -2.50. The van der Waals surface area contributed by atoms with E-state index in [4.69, 9.17) is 0 Å². The Bertz CT molecular complexity index is 702. The predicted octanol–water partition coefficient (Wildman–Crippen LogP) is 4.86. The van der Waals surface area contributed by atoms with Crippen molar-refractivity contribution < 1.29 is 28.0 Å². The molecule has 3 unspecified atom stereocenters. The van der Waals surface area contributed by atoms with Gasteiger partial charge in [0, 0.05) is 0 Å². The summed E-state index contributed by atoms with van der Waals surface area (Å²) in [7, 11) is -4.43. The lowest BCUT2D eigenvalue weighted by atomic mass is 10.0. The van der Waals surface area contributed by atoms with Gasteiger partial charge in [0.25, 0.3) is 10.1 Å². The number of rotatable bonds is 21. The van der Waals surface area contributed by atoms with Crippen LogP contribution < -0.4 is 5.32 Å². The molecule has 0 fully saturated rings. The van der Waals surface area contributed by atoms with Crippen LogP contribution in [-0.4, -0.2) is 53.1 Å². The zero-order chi connectivity index (χ0) is 25.7. The minimum atomic E-state index is -4.43. The quantitative estimate of drug-likeness (QED) is 0.101. The molecule has 0 rings (SSSR count). The number of hydrogen-bond acceptors (Lipinski definition) is 5. The van der Waals surface area contributed by atoms with Gasteiger partial charge in [0.15, 0.2) is 0 Å².